The lowest BCUT2D eigenvalue weighted by Crippen LogP contribution is -2.37. The van der Waals surface area contributed by atoms with Gasteiger partial charge in [-0.2, -0.15) is 0 Å². The number of aryl methyl sites for hydroxylation is 1. The number of amides is 2. The maximum absolute atomic E-state index is 12.1. The van der Waals surface area contributed by atoms with Gasteiger partial charge in [0.1, 0.15) is 0 Å². The van der Waals surface area contributed by atoms with Crippen molar-refractivity contribution in [3.05, 3.63) is 57.7 Å². The van der Waals surface area contributed by atoms with Crippen LogP contribution in [-0.2, 0) is 9.59 Å². The molecule has 0 heterocycles. The Hall–Kier alpha value is -1.89. The Morgan fingerprint density at radius 1 is 1.10 bits per heavy atom. The van der Waals surface area contributed by atoms with Crippen LogP contribution in [0, 0.1) is 10.5 Å². The molecule has 2 aromatic carbocycles. The standard InChI is InChI=1S/C16H15IN2O2/c1-11-10-12(17)8-9-14(11)18-15(20)16(21)19(2)13-6-4-3-5-7-13/h3-10H,1-2H3,(H,18,20). The molecule has 0 atom stereocenters. The summed E-state index contributed by atoms with van der Waals surface area (Å²) in [6, 6.07) is 14.7. The molecule has 2 aromatic rings. The quantitative estimate of drug-likeness (QED) is 0.629. The summed E-state index contributed by atoms with van der Waals surface area (Å²) in [5, 5.41) is 2.65. The minimum Gasteiger partial charge on any atom is -0.318 e. The average Bonchev–Trinajstić information content (AvgIpc) is 2.49. The summed E-state index contributed by atoms with van der Waals surface area (Å²) in [4.78, 5) is 25.5. The number of nitrogens with zero attached hydrogens (tertiary/aromatic N) is 1. The van der Waals surface area contributed by atoms with Crippen LogP contribution < -0.4 is 10.2 Å². The van der Waals surface area contributed by atoms with Gasteiger partial charge < -0.3 is 10.2 Å². The third-order valence-corrected chi connectivity index (χ3v) is 3.75. The first-order valence-corrected chi connectivity index (χ1v) is 7.47. The van der Waals surface area contributed by atoms with E-state index in [2.05, 4.69) is 27.9 Å². The normalized spacial score (nSPS) is 10.0. The molecule has 1 N–H and O–H groups in total. The van der Waals surface area contributed by atoms with Crippen molar-refractivity contribution >= 4 is 45.8 Å². The fourth-order valence-corrected chi connectivity index (χ4v) is 2.51. The molecule has 0 saturated carbocycles. The van der Waals surface area contributed by atoms with Crippen molar-refractivity contribution < 1.29 is 9.59 Å². The van der Waals surface area contributed by atoms with Gasteiger partial charge in [0.05, 0.1) is 0 Å². The minimum atomic E-state index is -0.648. The van der Waals surface area contributed by atoms with Gasteiger partial charge in [-0.25, -0.2) is 0 Å². The van der Waals surface area contributed by atoms with Crippen molar-refractivity contribution in [2.75, 3.05) is 17.3 Å². The summed E-state index contributed by atoms with van der Waals surface area (Å²) >= 11 is 2.20. The number of para-hydroxylation sites is 1. The molecule has 108 valence electrons. The van der Waals surface area contributed by atoms with Gasteiger partial charge in [-0.1, -0.05) is 18.2 Å². The highest BCUT2D eigenvalue weighted by molar-refractivity contribution is 14.1. The lowest BCUT2D eigenvalue weighted by atomic mass is 10.2. The molecular formula is C16H15IN2O2. The van der Waals surface area contributed by atoms with Gasteiger partial charge in [0.25, 0.3) is 0 Å². The zero-order valence-electron chi connectivity index (χ0n) is 11.8. The second-order valence-corrected chi connectivity index (χ2v) is 5.86. The Bertz CT molecular complexity index is 671. The largest absolute Gasteiger partial charge is 0.318 e. The summed E-state index contributed by atoms with van der Waals surface area (Å²) in [6.45, 7) is 1.89. The van der Waals surface area contributed by atoms with Gasteiger partial charge in [0.15, 0.2) is 0 Å². The van der Waals surface area contributed by atoms with Crippen LogP contribution in [0.3, 0.4) is 0 Å². The Kier molecular flexibility index (Phi) is 4.95. The minimum absolute atomic E-state index is 0.598. The fraction of sp³-hybridized carbons (Fsp3) is 0.125. The van der Waals surface area contributed by atoms with Crippen molar-refractivity contribution in [2.24, 2.45) is 0 Å². The molecule has 4 nitrogen and oxygen atoms in total. The molecule has 0 bridgehead atoms. The van der Waals surface area contributed by atoms with Gasteiger partial charge in [-0.05, 0) is 65.4 Å². The summed E-state index contributed by atoms with van der Waals surface area (Å²) < 4.78 is 1.08. The average molecular weight is 394 g/mol. The van der Waals surface area contributed by atoms with Crippen molar-refractivity contribution in [1.29, 1.82) is 0 Å². The smallest absolute Gasteiger partial charge is 0.316 e. The van der Waals surface area contributed by atoms with Crippen molar-refractivity contribution in [3.8, 4) is 0 Å². The van der Waals surface area contributed by atoms with E-state index in [1.54, 1.807) is 25.2 Å². The van der Waals surface area contributed by atoms with Crippen LogP contribution in [0.4, 0.5) is 11.4 Å². The summed E-state index contributed by atoms with van der Waals surface area (Å²) in [5.74, 6) is -1.25. The third kappa shape index (κ3) is 3.81. The number of carbonyl (C=O) groups excluding carboxylic acids is 2. The molecule has 5 heteroatoms. The first-order valence-electron chi connectivity index (χ1n) is 6.39. The number of nitrogens with one attached hydrogen (secondary N) is 1. The lowest BCUT2D eigenvalue weighted by molar-refractivity contribution is -0.134. The van der Waals surface area contributed by atoms with E-state index in [4.69, 9.17) is 0 Å². The maximum Gasteiger partial charge on any atom is 0.316 e. The molecule has 2 amide bonds. The van der Waals surface area contributed by atoms with Crippen LogP contribution in [0.25, 0.3) is 0 Å². The molecular weight excluding hydrogens is 379 g/mol. The van der Waals surface area contributed by atoms with Crippen LogP contribution in [0.2, 0.25) is 0 Å². The van der Waals surface area contributed by atoms with Gasteiger partial charge >= 0.3 is 11.8 Å². The number of hydrogen-bond donors (Lipinski definition) is 1. The molecule has 0 aliphatic heterocycles. The third-order valence-electron chi connectivity index (χ3n) is 3.08. The molecule has 0 spiro atoms. The number of likely N-dealkylation sites (N-methyl/N-ethyl adjacent to an activating group) is 1. The van der Waals surface area contributed by atoms with E-state index in [0.717, 1.165) is 9.13 Å². The van der Waals surface area contributed by atoms with Crippen molar-refractivity contribution in [2.45, 2.75) is 6.92 Å². The van der Waals surface area contributed by atoms with E-state index in [1.165, 1.54) is 4.90 Å². The second-order valence-electron chi connectivity index (χ2n) is 4.61. The highest BCUT2D eigenvalue weighted by atomic mass is 127. The molecule has 0 aliphatic carbocycles. The van der Waals surface area contributed by atoms with Crippen LogP contribution in [-0.4, -0.2) is 18.9 Å². The summed E-state index contributed by atoms with van der Waals surface area (Å²) in [5.41, 5.74) is 2.25. The molecule has 0 unspecified atom stereocenters. The number of anilines is 2. The van der Waals surface area contributed by atoms with Gasteiger partial charge in [-0.3, -0.25) is 9.59 Å². The molecule has 2 rings (SSSR count). The number of benzene rings is 2. The molecule has 0 aromatic heterocycles. The van der Waals surface area contributed by atoms with Crippen LogP contribution in [0.1, 0.15) is 5.56 Å². The Morgan fingerprint density at radius 3 is 2.38 bits per heavy atom. The summed E-state index contributed by atoms with van der Waals surface area (Å²) in [6.07, 6.45) is 0. The topological polar surface area (TPSA) is 49.4 Å². The SMILES string of the molecule is Cc1cc(I)ccc1NC(=O)C(=O)N(C)c1ccccc1. The van der Waals surface area contributed by atoms with E-state index < -0.39 is 11.8 Å². The first-order chi connectivity index (χ1) is 9.99. The predicted octanol–water partition coefficient (Wildman–Crippen LogP) is 3.20. The molecule has 21 heavy (non-hydrogen) atoms. The molecule has 0 aliphatic rings. The molecule has 0 radical (unpaired) electrons. The predicted molar refractivity (Wildman–Crippen MR) is 92.4 cm³/mol. The van der Waals surface area contributed by atoms with E-state index >= 15 is 0 Å². The monoisotopic (exact) mass is 394 g/mol. The lowest BCUT2D eigenvalue weighted by Gasteiger charge is -2.17. The number of halogens is 1. The van der Waals surface area contributed by atoms with E-state index in [1.807, 2.05) is 37.3 Å². The van der Waals surface area contributed by atoms with Gasteiger partial charge in [-0.15, -0.1) is 0 Å². The maximum atomic E-state index is 12.1. The summed E-state index contributed by atoms with van der Waals surface area (Å²) in [7, 11) is 1.58. The van der Waals surface area contributed by atoms with Gasteiger partial charge in [0, 0.05) is 22.0 Å². The van der Waals surface area contributed by atoms with Crippen LogP contribution in [0.15, 0.2) is 48.5 Å². The highest BCUT2D eigenvalue weighted by Gasteiger charge is 2.20. The Balaban J connectivity index is 2.11. The first kappa shape index (κ1) is 15.5. The number of carbonyl (C=O) groups is 2. The zero-order valence-corrected chi connectivity index (χ0v) is 13.9. The number of hydrogen-bond acceptors (Lipinski definition) is 2. The highest BCUT2D eigenvalue weighted by Crippen LogP contribution is 2.18. The van der Waals surface area contributed by atoms with E-state index in [0.29, 0.717) is 11.4 Å². The Labute approximate surface area is 137 Å². The molecule has 0 saturated heterocycles. The van der Waals surface area contributed by atoms with Crippen molar-refractivity contribution in [1.82, 2.24) is 0 Å². The van der Waals surface area contributed by atoms with Crippen molar-refractivity contribution in [3.63, 3.8) is 0 Å². The molecule has 0 fully saturated rings. The van der Waals surface area contributed by atoms with E-state index in [-0.39, 0.29) is 0 Å². The number of rotatable bonds is 2. The van der Waals surface area contributed by atoms with Gasteiger partial charge in [0.2, 0.25) is 0 Å². The van der Waals surface area contributed by atoms with Crippen LogP contribution in [0.5, 0.6) is 0 Å². The van der Waals surface area contributed by atoms with E-state index in [9.17, 15) is 9.59 Å². The van der Waals surface area contributed by atoms with Crippen LogP contribution >= 0.6 is 22.6 Å². The zero-order chi connectivity index (χ0) is 15.4. The second kappa shape index (κ2) is 6.71. The Morgan fingerprint density at radius 2 is 1.76 bits per heavy atom. The fourth-order valence-electron chi connectivity index (χ4n) is 1.86.